The van der Waals surface area contributed by atoms with Crippen LogP contribution in [0.1, 0.15) is 6.92 Å². The summed E-state index contributed by atoms with van der Waals surface area (Å²) in [5.41, 5.74) is 3.25. The highest BCUT2D eigenvalue weighted by atomic mass is 16.4. The summed E-state index contributed by atoms with van der Waals surface area (Å²) in [7, 11) is 0. The third-order valence-corrected chi connectivity index (χ3v) is 1.42. The number of carboxylic acids is 1. The fourth-order valence-corrected chi connectivity index (χ4v) is 0.707. The Balaban J connectivity index is 2.62. The monoisotopic (exact) mass is 177 g/mol. The van der Waals surface area contributed by atoms with Crippen molar-refractivity contribution < 1.29 is 9.90 Å². The highest BCUT2D eigenvalue weighted by molar-refractivity contribution is 6.33. The predicted molar refractivity (Wildman–Crippen MR) is 48.2 cm³/mol. The number of carbonyl (C=O) groups is 1. The molecule has 1 aromatic rings. The van der Waals surface area contributed by atoms with Gasteiger partial charge in [-0.3, -0.25) is 5.43 Å². The van der Waals surface area contributed by atoms with Gasteiger partial charge in [0.05, 0.1) is 17.4 Å². The Labute approximate surface area is 75.9 Å². The van der Waals surface area contributed by atoms with Crippen LogP contribution in [0.2, 0.25) is 0 Å². The van der Waals surface area contributed by atoms with Crippen molar-refractivity contribution in [2.45, 2.75) is 6.92 Å². The number of anilines is 1. The third-order valence-electron chi connectivity index (χ3n) is 1.42. The van der Waals surface area contributed by atoms with Crippen LogP contribution >= 0.6 is 0 Å². The number of para-hydroxylation sites is 1. The van der Waals surface area contributed by atoms with Gasteiger partial charge in [-0.1, -0.05) is 18.2 Å². The quantitative estimate of drug-likeness (QED) is 0.530. The first-order valence-corrected chi connectivity index (χ1v) is 3.77. The lowest BCUT2D eigenvalue weighted by molar-refractivity contribution is -0.294. The number of nitrogens with one attached hydrogen (secondary N) is 1. The van der Waals surface area contributed by atoms with Crippen molar-refractivity contribution in [2.24, 2.45) is 5.10 Å². The van der Waals surface area contributed by atoms with Gasteiger partial charge in [0.15, 0.2) is 0 Å². The largest absolute Gasteiger partial charge is 0.543 e. The van der Waals surface area contributed by atoms with Gasteiger partial charge in [-0.25, -0.2) is 0 Å². The summed E-state index contributed by atoms with van der Waals surface area (Å²) >= 11 is 0. The SMILES string of the molecule is CC(=NNc1ccccc1)C(=O)[O-]. The molecule has 0 unspecified atom stereocenters. The summed E-state index contributed by atoms with van der Waals surface area (Å²) in [6.45, 7) is 1.37. The first-order chi connectivity index (χ1) is 6.20. The lowest BCUT2D eigenvalue weighted by Gasteiger charge is -2.02. The third kappa shape index (κ3) is 2.94. The summed E-state index contributed by atoms with van der Waals surface area (Å²) in [5.74, 6) is -1.27. The molecule has 0 saturated carbocycles. The van der Waals surface area contributed by atoms with Crippen LogP contribution in [0.4, 0.5) is 5.69 Å². The molecule has 1 rings (SSSR count). The van der Waals surface area contributed by atoms with Crippen molar-refractivity contribution >= 4 is 17.4 Å². The van der Waals surface area contributed by atoms with Crippen LogP contribution in [-0.4, -0.2) is 11.7 Å². The first-order valence-electron chi connectivity index (χ1n) is 3.77. The number of hydrazone groups is 1. The molecule has 0 aliphatic rings. The second-order valence-electron chi connectivity index (χ2n) is 2.46. The Morgan fingerprint density at radius 3 is 2.54 bits per heavy atom. The summed E-state index contributed by atoms with van der Waals surface area (Å²) in [6.07, 6.45) is 0. The van der Waals surface area contributed by atoms with Crippen LogP contribution in [0, 0.1) is 0 Å². The summed E-state index contributed by atoms with van der Waals surface area (Å²) < 4.78 is 0. The minimum absolute atomic E-state index is 0.0798. The second-order valence-corrected chi connectivity index (χ2v) is 2.46. The minimum atomic E-state index is -1.27. The van der Waals surface area contributed by atoms with E-state index in [-0.39, 0.29) is 5.71 Å². The fourth-order valence-electron chi connectivity index (χ4n) is 0.707. The van der Waals surface area contributed by atoms with E-state index in [2.05, 4.69) is 10.5 Å². The van der Waals surface area contributed by atoms with Crippen LogP contribution in [0.25, 0.3) is 0 Å². The lowest BCUT2D eigenvalue weighted by atomic mass is 10.3. The molecule has 0 bridgehead atoms. The first kappa shape index (κ1) is 9.25. The zero-order valence-electron chi connectivity index (χ0n) is 7.15. The number of aliphatic carboxylic acids is 1. The van der Waals surface area contributed by atoms with Crippen LogP contribution in [0.3, 0.4) is 0 Å². The molecule has 1 aromatic carbocycles. The number of rotatable bonds is 3. The van der Waals surface area contributed by atoms with Crippen molar-refractivity contribution in [3.63, 3.8) is 0 Å². The number of benzene rings is 1. The summed E-state index contributed by atoms with van der Waals surface area (Å²) in [6, 6.07) is 9.08. The van der Waals surface area contributed by atoms with Gasteiger partial charge < -0.3 is 9.90 Å². The maximum absolute atomic E-state index is 10.2. The molecule has 0 saturated heterocycles. The van der Waals surface area contributed by atoms with Crippen molar-refractivity contribution in [3.05, 3.63) is 30.3 Å². The fraction of sp³-hybridized carbons (Fsp3) is 0.111. The average Bonchev–Trinajstić information content (AvgIpc) is 2.15. The Bertz CT molecular complexity index is 320. The van der Waals surface area contributed by atoms with E-state index < -0.39 is 5.97 Å². The van der Waals surface area contributed by atoms with Crippen LogP contribution < -0.4 is 10.5 Å². The van der Waals surface area contributed by atoms with E-state index in [1.54, 1.807) is 12.1 Å². The lowest BCUT2D eigenvalue weighted by Crippen LogP contribution is -2.30. The molecule has 0 fully saturated rings. The Kier molecular flexibility index (Phi) is 3.03. The van der Waals surface area contributed by atoms with Crippen LogP contribution in [0.15, 0.2) is 35.4 Å². The van der Waals surface area contributed by atoms with E-state index >= 15 is 0 Å². The summed E-state index contributed by atoms with van der Waals surface area (Å²) in [4.78, 5) is 10.2. The number of nitrogens with zero attached hydrogens (tertiary/aromatic N) is 1. The normalized spacial score (nSPS) is 11.0. The maximum Gasteiger partial charge on any atom is 0.0873 e. The van der Waals surface area contributed by atoms with Gasteiger partial charge in [-0.05, 0) is 19.1 Å². The molecule has 0 radical (unpaired) electrons. The number of hydrogen-bond donors (Lipinski definition) is 1. The Morgan fingerprint density at radius 2 is 2.00 bits per heavy atom. The van der Waals surface area contributed by atoms with E-state index in [9.17, 15) is 9.90 Å². The molecule has 0 aliphatic heterocycles. The number of carboxylic acid groups (broad SMARTS) is 1. The van der Waals surface area contributed by atoms with Gasteiger partial charge in [0.25, 0.3) is 0 Å². The zero-order chi connectivity index (χ0) is 9.68. The maximum atomic E-state index is 10.2. The van der Waals surface area contributed by atoms with E-state index in [1.165, 1.54) is 6.92 Å². The molecule has 13 heavy (non-hydrogen) atoms. The molecular weight excluding hydrogens is 168 g/mol. The molecule has 0 spiro atoms. The molecule has 68 valence electrons. The Hall–Kier alpha value is -1.84. The van der Waals surface area contributed by atoms with Gasteiger partial charge in [0, 0.05) is 0 Å². The highest BCUT2D eigenvalue weighted by Gasteiger charge is 1.90. The predicted octanol–water partition coefficient (Wildman–Crippen LogP) is 0.224. The van der Waals surface area contributed by atoms with Crippen LogP contribution in [0.5, 0.6) is 0 Å². The van der Waals surface area contributed by atoms with E-state index in [0.717, 1.165) is 5.69 Å². The van der Waals surface area contributed by atoms with Gasteiger partial charge >= 0.3 is 0 Å². The minimum Gasteiger partial charge on any atom is -0.543 e. The molecule has 0 atom stereocenters. The van der Waals surface area contributed by atoms with E-state index in [0.29, 0.717) is 0 Å². The van der Waals surface area contributed by atoms with Crippen molar-refractivity contribution in [1.82, 2.24) is 0 Å². The summed E-state index contributed by atoms with van der Waals surface area (Å²) in [5, 5.41) is 13.8. The Morgan fingerprint density at radius 1 is 1.38 bits per heavy atom. The topological polar surface area (TPSA) is 64.5 Å². The van der Waals surface area contributed by atoms with E-state index in [4.69, 9.17) is 0 Å². The molecule has 0 amide bonds. The molecule has 4 nitrogen and oxygen atoms in total. The molecule has 0 heterocycles. The van der Waals surface area contributed by atoms with Crippen molar-refractivity contribution in [1.29, 1.82) is 0 Å². The van der Waals surface area contributed by atoms with Gasteiger partial charge in [0.1, 0.15) is 0 Å². The highest BCUT2D eigenvalue weighted by Crippen LogP contribution is 2.04. The number of hydrogen-bond acceptors (Lipinski definition) is 4. The molecule has 4 heteroatoms. The van der Waals surface area contributed by atoms with Gasteiger partial charge in [-0.15, -0.1) is 0 Å². The second kappa shape index (κ2) is 4.25. The number of carbonyl (C=O) groups excluding carboxylic acids is 1. The average molecular weight is 177 g/mol. The molecule has 0 aliphatic carbocycles. The van der Waals surface area contributed by atoms with Crippen LogP contribution in [-0.2, 0) is 4.79 Å². The standard InChI is InChI=1S/C9H10N2O2/c1-7(9(12)13)10-11-8-5-3-2-4-6-8/h2-6,11H,1H3,(H,12,13)/p-1. The van der Waals surface area contributed by atoms with Gasteiger partial charge in [0.2, 0.25) is 0 Å². The van der Waals surface area contributed by atoms with Crippen molar-refractivity contribution in [3.8, 4) is 0 Å². The smallest absolute Gasteiger partial charge is 0.0873 e. The molecule has 1 N–H and O–H groups in total. The molecule has 0 aromatic heterocycles. The zero-order valence-corrected chi connectivity index (χ0v) is 7.15. The van der Waals surface area contributed by atoms with E-state index in [1.807, 2.05) is 18.2 Å². The van der Waals surface area contributed by atoms with Gasteiger partial charge in [-0.2, -0.15) is 5.10 Å². The molecular formula is C9H9N2O2-. The van der Waals surface area contributed by atoms with Crippen molar-refractivity contribution in [2.75, 3.05) is 5.43 Å².